The second-order valence-corrected chi connectivity index (χ2v) is 2.87. The third-order valence-electron chi connectivity index (χ3n) is 1.99. The number of nitrogens with one attached hydrogen (secondary N) is 1. The van der Waals surface area contributed by atoms with E-state index in [0.29, 0.717) is 0 Å². The molecule has 0 aromatic carbocycles. The fourth-order valence-corrected chi connectivity index (χ4v) is 1.37. The second kappa shape index (κ2) is 2.68. The summed E-state index contributed by atoms with van der Waals surface area (Å²) in [6.45, 7) is 5.32. The minimum Gasteiger partial charge on any atom is -0.309 e. The van der Waals surface area contributed by atoms with Crippen LogP contribution in [0, 0.1) is 5.95 Å². The molecule has 3 heteroatoms. The summed E-state index contributed by atoms with van der Waals surface area (Å²) in [6.07, 6.45) is 1.56. The molecule has 0 spiro atoms. The van der Waals surface area contributed by atoms with Crippen LogP contribution in [0.2, 0.25) is 0 Å². The van der Waals surface area contributed by atoms with Crippen LogP contribution in [0.4, 0.5) is 4.39 Å². The van der Waals surface area contributed by atoms with Gasteiger partial charge in [-0.25, -0.2) is 4.98 Å². The fourth-order valence-electron chi connectivity index (χ4n) is 1.37. The average Bonchev–Trinajstić information content (AvgIpc) is 2.07. The molecule has 0 amide bonds. The van der Waals surface area contributed by atoms with Crippen LogP contribution in [-0.2, 0) is 6.54 Å². The van der Waals surface area contributed by atoms with Crippen molar-refractivity contribution in [3.8, 4) is 0 Å². The topological polar surface area (TPSA) is 24.9 Å². The highest BCUT2D eigenvalue weighted by Gasteiger charge is 2.12. The number of hydrogen-bond acceptors (Lipinski definition) is 2. The molecule has 2 rings (SSSR count). The minimum atomic E-state index is -0.434. The zero-order chi connectivity index (χ0) is 8.55. The first-order valence-electron chi connectivity index (χ1n) is 3.80. The van der Waals surface area contributed by atoms with Gasteiger partial charge in [0.15, 0.2) is 0 Å². The first-order valence-corrected chi connectivity index (χ1v) is 3.80. The third kappa shape index (κ3) is 1.12. The Morgan fingerprint density at radius 3 is 3.17 bits per heavy atom. The molecule has 12 heavy (non-hydrogen) atoms. The Hall–Kier alpha value is -1.22. The maximum absolute atomic E-state index is 12.7. The van der Waals surface area contributed by atoms with Gasteiger partial charge in [-0.2, -0.15) is 4.39 Å². The molecule has 0 saturated heterocycles. The van der Waals surface area contributed by atoms with Crippen LogP contribution in [-0.4, -0.2) is 11.5 Å². The van der Waals surface area contributed by atoms with Crippen molar-refractivity contribution in [3.05, 3.63) is 35.9 Å². The third-order valence-corrected chi connectivity index (χ3v) is 1.99. The first-order chi connectivity index (χ1) is 5.77. The predicted octanol–water partition coefficient (Wildman–Crippen LogP) is 1.34. The Morgan fingerprint density at radius 1 is 1.50 bits per heavy atom. The average molecular weight is 164 g/mol. The maximum atomic E-state index is 12.7. The van der Waals surface area contributed by atoms with Crippen LogP contribution in [0.15, 0.2) is 18.8 Å². The molecule has 2 heterocycles. The number of fused-ring (bicyclic) bond motifs is 1. The molecule has 0 atom stereocenters. The van der Waals surface area contributed by atoms with Gasteiger partial charge in [0.05, 0.1) is 0 Å². The number of rotatable bonds is 0. The van der Waals surface area contributed by atoms with Crippen LogP contribution in [0.5, 0.6) is 0 Å². The Balaban J connectivity index is 2.54. The lowest BCUT2D eigenvalue weighted by Crippen LogP contribution is -2.22. The smallest absolute Gasteiger partial charge is 0.213 e. The van der Waals surface area contributed by atoms with Gasteiger partial charge in [-0.15, -0.1) is 0 Å². The van der Waals surface area contributed by atoms with Gasteiger partial charge in [-0.3, -0.25) is 0 Å². The maximum Gasteiger partial charge on any atom is 0.213 e. The Bertz CT molecular complexity index is 333. The highest BCUT2D eigenvalue weighted by molar-refractivity contribution is 5.68. The standard InChI is InChI=1S/C9H9FN2/c1-6-3-11-4-7-5-12-9(10)2-8(6)7/h2,5,11H,1,3-4H2. The van der Waals surface area contributed by atoms with Crippen molar-refractivity contribution in [2.24, 2.45) is 0 Å². The van der Waals surface area contributed by atoms with E-state index in [0.717, 1.165) is 29.8 Å². The molecule has 0 aliphatic carbocycles. The molecular formula is C9H9FN2. The highest BCUT2D eigenvalue weighted by Crippen LogP contribution is 2.20. The number of pyridine rings is 1. The number of halogens is 1. The second-order valence-electron chi connectivity index (χ2n) is 2.87. The lowest BCUT2D eigenvalue weighted by Gasteiger charge is -2.18. The van der Waals surface area contributed by atoms with E-state index in [2.05, 4.69) is 16.9 Å². The summed E-state index contributed by atoms with van der Waals surface area (Å²) in [5.41, 5.74) is 2.85. The van der Waals surface area contributed by atoms with Crippen molar-refractivity contribution in [3.63, 3.8) is 0 Å². The zero-order valence-electron chi connectivity index (χ0n) is 6.60. The van der Waals surface area contributed by atoms with E-state index < -0.39 is 5.95 Å². The van der Waals surface area contributed by atoms with Gasteiger partial charge in [0.1, 0.15) is 0 Å². The summed E-state index contributed by atoms with van der Waals surface area (Å²) >= 11 is 0. The Morgan fingerprint density at radius 2 is 2.33 bits per heavy atom. The van der Waals surface area contributed by atoms with Gasteiger partial charge in [0.25, 0.3) is 0 Å². The molecule has 1 aromatic heterocycles. The van der Waals surface area contributed by atoms with Gasteiger partial charge < -0.3 is 5.32 Å². The number of aromatic nitrogens is 1. The van der Waals surface area contributed by atoms with Gasteiger partial charge in [0, 0.05) is 25.4 Å². The Labute approximate surface area is 70.1 Å². The summed E-state index contributed by atoms with van der Waals surface area (Å²) in [4.78, 5) is 3.58. The van der Waals surface area contributed by atoms with Gasteiger partial charge >= 0.3 is 0 Å². The van der Waals surface area contributed by atoms with Gasteiger partial charge in [-0.05, 0) is 16.7 Å². The van der Waals surface area contributed by atoms with E-state index in [1.165, 1.54) is 6.07 Å². The van der Waals surface area contributed by atoms with Crippen molar-refractivity contribution in [2.75, 3.05) is 6.54 Å². The molecule has 2 nitrogen and oxygen atoms in total. The van der Waals surface area contributed by atoms with Gasteiger partial charge in [-0.1, -0.05) is 6.58 Å². The minimum absolute atomic E-state index is 0.434. The van der Waals surface area contributed by atoms with E-state index in [9.17, 15) is 4.39 Å². The number of hydrogen-bond donors (Lipinski definition) is 1. The van der Waals surface area contributed by atoms with Gasteiger partial charge in [0.2, 0.25) is 5.95 Å². The summed E-state index contributed by atoms with van der Waals surface area (Å²) in [7, 11) is 0. The molecule has 0 fully saturated rings. The van der Waals surface area contributed by atoms with Crippen LogP contribution in [0.1, 0.15) is 11.1 Å². The predicted molar refractivity (Wildman–Crippen MR) is 44.9 cm³/mol. The summed E-state index contributed by atoms with van der Waals surface area (Å²) in [5, 5.41) is 3.15. The molecule has 0 radical (unpaired) electrons. The van der Waals surface area contributed by atoms with Crippen molar-refractivity contribution >= 4 is 5.57 Å². The number of nitrogens with zero attached hydrogens (tertiary/aromatic N) is 1. The van der Waals surface area contributed by atoms with Crippen LogP contribution < -0.4 is 5.32 Å². The lowest BCUT2D eigenvalue weighted by molar-refractivity contribution is 0.578. The van der Waals surface area contributed by atoms with E-state index in [1.54, 1.807) is 6.20 Å². The molecule has 0 saturated carbocycles. The summed E-state index contributed by atoms with van der Waals surface area (Å²) in [5.74, 6) is -0.434. The first kappa shape index (κ1) is 7.43. The SMILES string of the molecule is C=C1CNCc2cnc(F)cc21. The lowest BCUT2D eigenvalue weighted by atomic mass is 10.00. The van der Waals surface area contributed by atoms with E-state index in [1.807, 2.05) is 0 Å². The molecule has 1 aromatic rings. The normalized spacial score (nSPS) is 15.9. The van der Waals surface area contributed by atoms with Crippen molar-refractivity contribution in [1.29, 1.82) is 0 Å². The van der Waals surface area contributed by atoms with Crippen LogP contribution in [0.3, 0.4) is 0 Å². The largest absolute Gasteiger partial charge is 0.309 e. The molecule has 1 aliphatic heterocycles. The van der Waals surface area contributed by atoms with Crippen LogP contribution >= 0.6 is 0 Å². The molecule has 0 bridgehead atoms. The monoisotopic (exact) mass is 164 g/mol. The zero-order valence-corrected chi connectivity index (χ0v) is 6.60. The molecular weight excluding hydrogens is 155 g/mol. The van der Waals surface area contributed by atoms with Crippen molar-refractivity contribution in [2.45, 2.75) is 6.54 Å². The quantitative estimate of drug-likeness (QED) is 0.585. The highest BCUT2D eigenvalue weighted by atomic mass is 19.1. The van der Waals surface area contributed by atoms with E-state index in [-0.39, 0.29) is 0 Å². The van der Waals surface area contributed by atoms with Crippen LogP contribution in [0.25, 0.3) is 5.57 Å². The van der Waals surface area contributed by atoms with Crippen molar-refractivity contribution in [1.82, 2.24) is 10.3 Å². The fraction of sp³-hybridized carbons (Fsp3) is 0.222. The molecule has 0 unspecified atom stereocenters. The molecule has 1 N–H and O–H groups in total. The van der Waals surface area contributed by atoms with Crippen molar-refractivity contribution < 1.29 is 4.39 Å². The van der Waals surface area contributed by atoms with E-state index in [4.69, 9.17) is 0 Å². The summed E-state index contributed by atoms with van der Waals surface area (Å²) in [6, 6.07) is 1.44. The Kier molecular flexibility index (Phi) is 1.66. The summed E-state index contributed by atoms with van der Waals surface area (Å²) < 4.78 is 12.7. The molecule has 62 valence electrons. The molecule has 1 aliphatic rings. The van der Waals surface area contributed by atoms with E-state index >= 15 is 0 Å².